The summed E-state index contributed by atoms with van der Waals surface area (Å²) in [6.07, 6.45) is 2.36. The van der Waals surface area contributed by atoms with E-state index in [0.717, 1.165) is 13.1 Å². The minimum atomic E-state index is 0.340. The lowest BCUT2D eigenvalue weighted by Crippen LogP contribution is -2.37. The Hall–Kier alpha value is -0.610. The fraction of sp³-hybridized carbons (Fsp3) is 0.812. The van der Waals surface area contributed by atoms with E-state index >= 15 is 0 Å². The van der Waals surface area contributed by atoms with Crippen molar-refractivity contribution in [2.24, 2.45) is 5.92 Å². The average Bonchev–Trinajstić information content (AvgIpc) is 2.88. The Bertz CT molecular complexity index is 372. The Labute approximate surface area is 128 Å². The monoisotopic (exact) mass is 297 g/mol. The highest BCUT2D eigenvalue weighted by Gasteiger charge is 2.20. The highest BCUT2D eigenvalue weighted by molar-refractivity contribution is 7.13. The normalized spacial score (nSPS) is 13.2. The van der Waals surface area contributed by atoms with Crippen LogP contribution < -0.4 is 10.2 Å². The molecule has 1 aromatic rings. The molecule has 0 aromatic carbocycles. The SMILES string of the molecule is CCNC(C)c1csc(N(CC(C)C)C(CC)CC)n1. The quantitative estimate of drug-likeness (QED) is 0.729. The largest absolute Gasteiger partial charge is 0.345 e. The van der Waals surface area contributed by atoms with Crippen LogP contribution in [0.3, 0.4) is 0 Å². The van der Waals surface area contributed by atoms with Crippen LogP contribution in [-0.4, -0.2) is 24.1 Å². The van der Waals surface area contributed by atoms with Gasteiger partial charge in [0, 0.05) is 24.0 Å². The number of rotatable bonds is 9. The second-order valence-electron chi connectivity index (χ2n) is 5.85. The van der Waals surface area contributed by atoms with E-state index in [1.165, 1.54) is 23.7 Å². The van der Waals surface area contributed by atoms with Crippen molar-refractivity contribution < 1.29 is 0 Å². The van der Waals surface area contributed by atoms with Crippen molar-refractivity contribution in [2.45, 2.75) is 66.5 Å². The summed E-state index contributed by atoms with van der Waals surface area (Å²) in [6, 6.07) is 0.943. The van der Waals surface area contributed by atoms with Gasteiger partial charge in [-0.05, 0) is 32.2 Å². The van der Waals surface area contributed by atoms with Gasteiger partial charge in [-0.25, -0.2) is 4.98 Å². The highest BCUT2D eigenvalue weighted by atomic mass is 32.1. The Morgan fingerprint density at radius 2 is 1.85 bits per heavy atom. The summed E-state index contributed by atoms with van der Waals surface area (Å²) < 4.78 is 0. The number of anilines is 1. The van der Waals surface area contributed by atoms with Gasteiger partial charge in [0.05, 0.1) is 5.69 Å². The van der Waals surface area contributed by atoms with E-state index < -0.39 is 0 Å². The molecule has 0 aliphatic carbocycles. The van der Waals surface area contributed by atoms with E-state index in [1.807, 2.05) is 0 Å². The second kappa shape index (κ2) is 8.63. The molecule has 1 aromatic heterocycles. The van der Waals surface area contributed by atoms with Crippen LogP contribution in [0.1, 0.15) is 66.1 Å². The molecule has 1 atom stereocenters. The first-order valence-corrected chi connectivity index (χ1v) is 8.86. The van der Waals surface area contributed by atoms with Crippen molar-refractivity contribution in [3.05, 3.63) is 11.1 Å². The van der Waals surface area contributed by atoms with E-state index in [1.54, 1.807) is 11.3 Å². The van der Waals surface area contributed by atoms with E-state index in [9.17, 15) is 0 Å². The smallest absolute Gasteiger partial charge is 0.185 e. The summed E-state index contributed by atoms with van der Waals surface area (Å²) in [5.74, 6) is 0.661. The summed E-state index contributed by atoms with van der Waals surface area (Å²) in [5.41, 5.74) is 1.17. The molecule has 0 amide bonds. The first-order chi connectivity index (χ1) is 9.53. The van der Waals surface area contributed by atoms with Crippen LogP contribution in [-0.2, 0) is 0 Å². The molecule has 20 heavy (non-hydrogen) atoms. The number of thiazole rings is 1. The van der Waals surface area contributed by atoms with Gasteiger partial charge in [0.2, 0.25) is 0 Å². The van der Waals surface area contributed by atoms with Crippen LogP contribution in [0, 0.1) is 5.92 Å². The van der Waals surface area contributed by atoms with Crippen molar-refractivity contribution >= 4 is 16.5 Å². The Morgan fingerprint density at radius 3 is 2.35 bits per heavy atom. The summed E-state index contributed by atoms with van der Waals surface area (Å²) in [5, 5.41) is 6.83. The molecule has 0 saturated heterocycles. The van der Waals surface area contributed by atoms with Gasteiger partial charge in [0.1, 0.15) is 0 Å². The molecule has 1 N–H and O–H groups in total. The third-order valence-electron chi connectivity index (χ3n) is 3.65. The van der Waals surface area contributed by atoms with Gasteiger partial charge < -0.3 is 10.2 Å². The summed E-state index contributed by atoms with van der Waals surface area (Å²) >= 11 is 1.79. The average molecular weight is 298 g/mol. The Kier molecular flexibility index (Phi) is 7.52. The van der Waals surface area contributed by atoms with Crippen LogP contribution in [0.5, 0.6) is 0 Å². The van der Waals surface area contributed by atoms with E-state index in [-0.39, 0.29) is 0 Å². The molecule has 1 rings (SSSR count). The molecule has 0 bridgehead atoms. The summed E-state index contributed by atoms with van der Waals surface area (Å²) in [7, 11) is 0. The molecule has 1 heterocycles. The van der Waals surface area contributed by atoms with Crippen molar-refractivity contribution in [3.63, 3.8) is 0 Å². The zero-order chi connectivity index (χ0) is 15.1. The molecule has 0 spiro atoms. The van der Waals surface area contributed by atoms with Crippen LogP contribution >= 0.6 is 11.3 Å². The molecule has 0 saturated carbocycles. The van der Waals surface area contributed by atoms with E-state index in [0.29, 0.717) is 18.0 Å². The van der Waals surface area contributed by atoms with Gasteiger partial charge in [-0.3, -0.25) is 0 Å². The van der Waals surface area contributed by atoms with Gasteiger partial charge in [-0.2, -0.15) is 0 Å². The van der Waals surface area contributed by atoms with Crippen molar-refractivity contribution in [2.75, 3.05) is 18.0 Å². The third-order valence-corrected chi connectivity index (χ3v) is 4.55. The van der Waals surface area contributed by atoms with Crippen LogP contribution in [0.25, 0.3) is 0 Å². The third kappa shape index (κ3) is 4.74. The maximum atomic E-state index is 4.88. The molecule has 0 radical (unpaired) electrons. The Morgan fingerprint density at radius 1 is 1.20 bits per heavy atom. The number of hydrogen-bond donors (Lipinski definition) is 1. The lowest BCUT2D eigenvalue weighted by atomic mass is 10.1. The van der Waals surface area contributed by atoms with E-state index in [2.05, 4.69) is 57.1 Å². The maximum Gasteiger partial charge on any atom is 0.185 e. The predicted octanol–water partition coefficient (Wildman–Crippen LogP) is 4.46. The first kappa shape index (κ1) is 17.4. The number of hydrogen-bond acceptors (Lipinski definition) is 4. The predicted molar refractivity (Wildman–Crippen MR) is 90.8 cm³/mol. The second-order valence-corrected chi connectivity index (χ2v) is 6.69. The molecule has 3 nitrogen and oxygen atoms in total. The molecule has 116 valence electrons. The lowest BCUT2D eigenvalue weighted by Gasteiger charge is -2.31. The summed E-state index contributed by atoms with van der Waals surface area (Å²) in [4.78, 5) is 7.39. The van der Waals surface area contributed by atoms with Gasteiger partial charge in [0.25, 0.3) is 0 Å². The Balaban J connectivity index is 2.90. The van der Waals surface area contributed by atoms with Gasteiger partial charge in [0.15, 0.2) is 5.13 Å². The highest BCUT2D eigenvalue weighted by Crippen LogP contribution is 2.28. The maximum absolute atomic E-state index is 4.88. The zero-order valence-corrected chi connectivity index (χ0v) is 14.8. The standard InChI is InChI=1S/C16H31N3S/c1-7-14(8-2)19(10-12(4)5)16-18-15(11-20-16)13(6)17-9-3/h11-14,17H,7-10H2,1-6H3. The van der Waals surface area contributed by atoms with Crippen molar-refractivity contribution in [1.29, 1.82) is 0 Å². The minimum absolute atomic E-state index is 0.340. The number of nitrogens with one attached hydrogen (secondary N) is 1. The van der Waals surface area contributed by atoms with Crippen LogP contribution in [0.15, 0.2) is 5.38 Å². The summed E-state index contributed by atoms with van der Waals surface area (Å²) in [6.45, 7) is 15.5. The molecule has 0 aliphatic heterocycles. The zero-order valence-electron chi connectivity index (χ0n) is 13.9. The molecular weight excluding hydrogens is 266 g/mol. The first-order valence-electron chi connectivity index (χ1n) is 7.98. The minimum Gasteiger partial charge on any atom is -0.345 e. The van der Waals surface area contributed by atoms with Crippen molar-refractivity contribution in [1.82, 2.24) is 10.3 Å². The number of nitrogens with zero attached hydrogens (tertiary/aromatic N) is 2. The number of aromatic nitrogens is 1. The van der Waals surface area contributed by atoms with Gasteiger partial charge >= 0.3 is 0 Å². The molecule has 0 fully saturated rings. The fourth-order valence-corrected chi connectivity index (χ4v) is 3.52. The van der Waals surface area contributed by atoms with Crippen LogP contribution in [0.2, 0.25) is 0 Å². The topological polar surface area (TPSA) is 28.2 Å². The van der Waals surface area contributed by atoms with Gasteiger partial charge in [-0.1, -0.05) is 34.6 Å². The lowest BCUT2D eigenvalue weighted by molar-refractivity contribution is 0.505. The molecule has 4 heteroatoms. The van der Waals surface area contributed by atoms with Gasteiger partial charge in [-0.15, -0.1) is 11.3 Å². The van der Waals surface area contributed by atoms with E-state index in [4.69, 9.17) is 4.98 Å². The molecular formula is C16H31N3S. The molecule has 0 aliphatic rings. The van der Waals surface area contributed by atoms with Crippen molar-refractivity contribution in [3.8, 4) is 0 Å². The molecule has 1 unspecified atom stereocenters. The fourth-order valence-electron chi connectivity index (χ4n) is 2.52. The van der Waals surface area contributed by atoms with Crippen LogP contribution in [0.4, 0.5) is 5.13 Å².